The van der Waals surface area contributed by atoms with Crippen molar-refractivity contribution in [1.29, 1.82) is 0 Å². The van der Waals surface area contributed by atoms with Crippen molar-refractivity contribution in [1.82, 2.24) is 9.62 Å². The van der Waals surface area contributed by atoms with Crippen molar-refractivity contribution in [3.63, 3.8) is 0 Å². The zero-order valence-corrected chi connectivity index (χ0v) is 17.4. The average Bonchev–Trinajstić information content (AvgIpc) is 3.15. The number of carbonyl (C=O) groups excluding carboxylic acids is 2. The molecule has 11 heteroatoms. The summed E-state index contributed by atoms with van der Waals surface area (Å²) in [5.74, 6) is 0.0241. The second-order valence-electron chi connectivity index (χ2n) is 7.35. The summed E-state index contributed by atoms with van der Waals surface area (Å²) in [6, 6.07) is 5.25. The van der Waals surface area contributed by atoms with Crippen molar-refractivity contribution in [2.75, 3.05) is 63.3 Å². The predicted octanol–water partition coefficient (Wildman–Crippen LogP) is -0.411. The summed E-state index contributed by atoms with van der Waals surface area (Å²) >= 11 is 0. The number of benzene rings is 1. The Bertz CT molecular complexity index is 915. The van der Waals surface area contributed by atoms with Crippen LogP contribution in [0.5, 0.6) is 11.5 Å². The molecule has 10 nitrogen and oxygen atoms in total. The van der Waals surface area contributed by atoms with Gasteiger partial charge in [0.15, 0.2) is 11.5 Å². The molecule has 2 fully saturated rings. The largest absolute Gasteiger partial charge is 0.486 e. The molecule has 3 aliphatic rings. The highest BCUT2D eigenvalue weighted by molar-refractivity contribution is 7.89. The van der Waals surface area contributed by atoms with Gasteiger partial charge in [-0.05, 0) is 12.1 Å². The molecule has 164 valence electrons. The van der Waals surface area contributed by atoms with E-state index in [1.54, 1.807) is 23.1 Å². The molecule has 0 spiro atoms. The number of carbonyl (C=O) groups is 2. The van der Waals surface area contributed by atoms with Gasteiger partial charge in [-0.2, -0.15) is 4.31 Å². The van der Waals surface area contributed by atoms with Crippen LogP contribution in [0.4, 0.5) is 5.69 Å². The highest BCUT2D eigenvalue weighted by atomic mass is 32.2. The number of ether oxygens (including phenoxy) is 3. The van der Waals surface area contributed by atoms with E-state index in [2.05, 4.69) is 5.32 Å². The van der Waals surface area contributed by atoms with Gasteiger partial charge in [-0.3, -0.25) is 9.59 Å². The standard InChI is InChI=1S/C19H25N3O7S/c23-18-11-14(13-22(18)15-1-2-16-17(12-15)29-9-8-28-16)19(24)20-3-10-30(25,26)21-4-6-27-7-5-21/h1-2,12,14H,3-11,13H2,(H,20,24). The third-order valence-corrected chi connectivity index (χ3v) is 7.23. The normalized spacial score (nSPS) is 22.2. The molecule has 1 unspecified atom stereocenters. The van der Waals surface area contributed by atoms with E-state index in [1.165, 1.54) is 4.31 Å². The number of amides is 2. The summed E-state index contributed by atoms with van der Waals surface area (Å²) in [5.41, 5.74) is 0.648. The molecule has 0 bridgehead atoms. The van der Waals surface area contributed by atoms with Crippen LogP contribution in [0.3, 0.4) is 0 Å². The summed E-state index contributed by atoms with van der Waals surface area (Å²) in [6.45, 7) is 2.60. The van der Waals surface area contributed by atoms with Crippen LogP contribution in [-0.2, 0) is 24.3 Å². The molecule has 0 aromatic heterocycles. The van der Waals surface area contributed by atoms with E-state index in [4.69, 9.17) is 14.2 Å². The monoisotopic (exact) mass is 439 g/mol. The molecule has 2 amide bonds. The molecule has 30 heavy (non-hydrogen) atoms. The molecule has 4 rings (SSSR count). The molecule has 0 saturated carbocycles. The van der Waals surface area contributed by atoms with Gasteiger partial charge in [0.2, 0.25) is 21.8 Å². The number of fused-ring (bicyclic) bond motifs is 1. The van der Waals surface area contributed by atoms with Crippen LogP contribution in [0.25, 0.3) is 0 Å². The fourth-order valence-corrected chi connectivity index (χ4v) is 5.06. The van der Waals surface area contributed by atoms with Crippen LogP contribution in [0.2, 0.25) is 0 Å². The fraction of sp³-hybridized carbons (Fsp3) is 0.579. The lowest BCUT2D eigenvalue weighted by molar-refractivity contribution is -0.126. The highest BCUT2D eigenvalue weighted by Gasteiger charge is 2.35. The van der Waals surface area contributed by atoms with Gasteiger partial charge in [0, 0.05) is 44.4 Å². The van der Waals surface area contributed by atoms with Crippen molar-refractivity contribution in [2.24, 2.45) is 5.92 Å². The first kappa shape index (κ1) is 20.9. The van der Waals surface area contributed by atoms with Crippen LogP contribution < -0.4 is 19.7 Å². The average molecular weight is 439 g/mol. The second kappa shape index (κ2) is 8.78. The Morgan fingerprint density at radius 3 is 2.60 bits per heavy atom. The number of hydrogen-bond acceptors (Lipinski definition) is 7. The lowest BCUT2D eigenvalue weighted by atomic mass is 10.1. The van der Waals surface area contributed by atoms with Gasteiger partial charge in [-0.15, -0.1) is 0 Å². The number of hydrogen-bond donors (Lipinski definition) is 1. The van der Waals surface area contributed by atoms with E-state index in [1.807, 2.05) is 0 Å². The van der Waals surface area contributed by atoms with Gasteiger partial charge in [0.05, 0.1) is 24.9 Å². The van der Waals surface area contributed by atoms with Gasteiger partial charge in [-0.25, -0.2) is 8.42 Å². The Morgan fingerprint density at radius 2 is 1.83 bits per heavy atom. The second-order valence-corrected chi connectivity index (χ2v) is 9.44. The Kier molecular flexibility index (Phi) is 6.11. The number of nitrogens with one attached hydrogen (secondary N) is 1. The van der Waals surface area contributed by atoms with Crippen LogP contribution in [0.1, 0.15) is 6.42 Å². The molecule has 1 aromatic rings. The first-order valence-corrected chi connectivity index (χ1v) is 11.6. The van der Waals surface area contributed by atoms with Gasteiger partial charge in [-0.1, -0.05) is 0 Å². The Morgan fingerprint density at radius 1 is 1.10 bits per heavy atom. The van der Waals surface area contributed by atoms with Crippen molar-refractivity contribution < 1.29 is 32.2 Å². The Labute approximate surface area is 175 Å². The lowest BCUT2D eigenvalue weighted by Crippen LogP contribution is -2.44. The summed E-state index contributed by atoms with van der Waals surface area (Å²) in [5, 5.41) is 2.66. The number of sulfonamides is 1. The van der Waals surface area contributed by atoms with Crippen molar-refractivity contribution >= 4 is 27.5 Å². The van der Waals surface area contributed by atoms with Crippen LogP contribution in [0.15, 0.2) is 18.2 Å². The minimum atomic E-state index is -3.44. The van der Waals surface area contributed by atoms with Crippen LogP contribution >= 0.6 is 0 Å². The quantitative estimate of drug-likeness (QED) is 0.641. The number of anilines is 1. The Hall–Kier alpha value is -2.37. The maximum atomic E-state index is 12.5. The first-order chi connectivity index (χ1) is 14.4. The summed E-state index contributed by atoms with van der Waals surface area (Å²) in [6.07, 6.45) is 0.0799. The van der Waals surface area contributed by atoms with E-state index < -0.39 is 15.9 Å². The smallest absolute Gasteiger partial charge is 0.227 e. The summed E-state index contributed by atoms with van der Waals surface area (Å²) < 4.78 is 42.3. The molecule has 1 aromatic carbocycles. The predicted molar refractivity (Wildman–Crippen MR) is 107 cm³/mol. The third kappa shape index (κ3) is 4.52. The SMILES string of the molecule is O=C(NCCS(=O)(=O)N1CCOCC1)C1CC(=O)N(c2ccc3c(c2)OCCO3)C1. The zero-order chi connectivity index (χ0) is 21.1. The topological polar surface area (TPSA) is 114 Å². The number of rotatable bonds is 6. The molecule has 3 heterocycles. The van der Waals surface area contributed by atoms with E-state index in [0.29, 0.717) is 56.7 Å². The van der Waals surface area contributed by atoms with Crippen molar-refractivity contribution in [3.05, 3.63) is 18.2 Å². The maximum Gasteiger partial charge on any atom is 0.227 e. The molecule has 2 saturated heterocycles. The number of morpholine rings is 1. The molecule has 0 aliphatic carbocycles. The minimum Gasteiger partial charge on any atom is -0.486 e. The van der Waals surface area contributed by atoms with E-state index in [9.17, 15) is 18.0 Å². The molecule has 1 N–H and O–H groups in total. The third-order valence-electron chi connectivity index (χ3n) is 5.36. The number of nitrogens with zero attached hydrogens (tertiary/aromatic N) is 2. The molecule has 3 aliphatic heterocycles. The Balaban J connectivity index is 1.31. The van der Waals surface area contributed by atoms with Crippen molar-refractivity contribution in [2.45, 2.75) is 6.42 Å². The highest BCUT2D eigenvalue weighted by Crippen LogP contribution is 2.35. The zero-order valence-electron chi connectivity index (χ0n) is 16.5. The minimum absolute atomic E-state index is 0.00718. The van der Waals surface area contributed by atoms with Gasteiger partial charge in [0.1, 0.15) is 13.2 Å². The first-order valence-electron chi connectivity index (χ1n) is 9.97. The summed E-state index contributed by atoms with van der Waals surface area (Å²) in [7, 11) is -3.44. The van der Waals surface area contributed by atoms with Crippen molar-refractivity contribution in [3.8, 4) is 11.5 Å². The van der Waals surface area contributed by atoms with Crippen LogP contribution in [-0.4, -0.2) is 82.9 Å². The van der Waals surface area contributed by atoms with E-state index in [0.717, 1.165) is 0 Å². The summed E-state index contributed by atoms with van der Waals surface area (Å²) in [4.78, 5) is 26.5. The lowest BCUT2D eigenvalue weighted by Gasteiger charge is -2.26. The molecular formula is C19H25N3O7S. The van der Waals surface area contributed by atoms with E-state index in [-0.39, 0.29) is 37.1 Å². The van der Waals surface area contributed by atoms with E-state index >= 15 is 0 Å². The molecular weight excluding hydrogens is 414 g/mol. The van der Waals surface area contributed by atoms with Gasteiger partial charge >= 0.3 is 0 Å². The molecule has 0 radical (unpaired) electrons. The maximum absolute atomic E-state index is 12.5. The van der Waals surface area contributed by atoms with Gasteiger partial charge in [0.25, 0.3) is 0 Å². The fourth-order valence-electron chi connectivity index (χ4n) is 3.73. The van der Waals surface area contributed by atoms with Crippen LogP contribution in [0, 0.1) is 5.92 Å². The van der Waals surface area contributed by atoms with Gasteiger partial charge < -0.3 is 24.4 Å². The molecule has 1 atom stereocenters.